The highest BCUT2D eigenvalue weighted by Crippen LogP contribution is 2.22. The molecule has 0 bridgehead atoms. The first kappa shape index (κ1) is 14.7. The summed E-state index contributed by atoms with van der Waals surface area (Å²) in [4.78, 5) is 2.23. The fraction of sp³-hybridized carbons (Fsp3) is 0.571. The molecule has 1 aromatic rings. The van der Waals surface area contributed by atoms with Gasteiger partial charge in [0.2, 0.25) is 0 Å². The van der Waals surface area contributed by atoms with Gasteiger partial charge in [-0.2, -0.15) is 0 Å². The lowest BCUT2D eigenvalue weighted by Crippen LogP contribution is -2.55. The van der Waals surface area contributed by atoms with Gasteiger partial charge in [0, 0.05) is 16.1 Å². The second-order valence-corrected chi connectivity index (χ2v) is 5.96. The number of benzene rings is 1. The fourth-order valence-corrected chi connectivity index (χ4v) is 2.27. The van der Waals surface area contributed by atoms with E-state index in [1.165, 1.54) is 5.56 Å². The van der Waals surface area contributed by atoms with Gasteiger partial charge in [-0.05, 0) is 51.6 Å². The zero-order valence-corrected chi connectivity index (χ0v) is 12.8. The van der Waals surface area contributed by atoms with E-state index in [1.807, 2.05) is 0 Å². The molecule has 2 atom stereocenters. The van der Waals surface area contributed by atoms with Crippen molar-refractivity contribution in [2.75, 3.05) is 14.1 Å². The number of nitrogens with two attached hydrogens (primary N) is 1. The minimum absolute atomic E-state index is 0.0487. The van der Waals surface area contributed by atoms with Gasteiger partial charge in [-0.15, -0.1) is 0 Å². The zero-order valence-electron chi connectivity index (χ0n) is 11.2. The number of hydrogen-bond acceptors (Lipinski definition) is 2. The lowest BCUT2D eigenvalue weighted by Gasteiger charge is -2.41. The predicted octanol–water partition coefficient (Wildman–Crippen LogP) is 3.05. The van der Waals surface area contributed by atoms with Crippen molar-refractivity contribution in [3.8, 4) is 0 Å². The minimum Gasteiger partial charge on any atom is -0.326 e. The summed E-state index contributed by atoms with van der Waals surface area (Å²) < 4.78 is 1.11. The average molecular weight is 299 g/mol. The monoisotopic (exact) mass is 298 g/mol. The van der Waals surface area contributed by atoms with Gasteiger partial charge in [-0.25, -0.2) is 0 Å². The molecular formula is C14H23BrN2. The maximum absolute atomic E-state index is 6.38. The van der Waals surface area contributed by atoms with Crippen LogP contribution < -0.4 is 5.73 Å². The predicted molar refractivity (Wildman–Crippen MR) is 78.2 cm³/mol. The molecule has 0 fully saturated rings. The van der Waals surface area contributed by atoms with Crippen LogP contribution in [-0.4, -0.2) is 30.6 Å². The van der Waals surface area contributed by atoms with Gasteiger partial charge < -0.3 is 10.6 Å². The molecule has 96 valence electrons. The van der Waals surface area contributed by atoms with Crippen molar-refractivity contribution in [2.45, 2.75) is 38.3 Å². The molecule has 0 heterocycles. The van der Waals surface area contributed by atoms with Gasteiger partial charge in [0.15, 0.2) is 0 Å². The summed E-state index contributed by atoms with van der Waals surface area (Å²) in [7, 11) is 4.20. The molecule has 0 saturated heterocycles. The Morgan fingerprint density at radius 1 is 1.29 bits per heavy atom. The summed E-state index contributed by atoms with van der Waals surface area (Å²) in [5.41, 5.74) is 7.72. The normalized spacial score (nSPS) is 16.9. The van der Waals surface area contributed by atoms with E-state index in [-0.39, 0.29) is 11.6 Å². The number of nitrogens with zero attached hydrogens (tertiary/aromatic N) is 1. The van der Waals surface area contributed by atoms with E-state index in [0.29, 0.717) is 0 Å². The molecule has 1 aromatic carbocycles. The van der Waals surface area contributed by atoms with E-state index < -0.39 is 0 Å². The smallest absolute Gasteiger partial charge is 0.0326 e. The highest BCUT2D eigenvalue weighted by Gasteiger charge is 2.31. The Bertz CT molecular complexity index is 348. The molecule has 2 N–H and O–H groups in total. The highest BCUT2D eigenvalue weighted by molar-refractivity contribution is 9.10. The average Bonchev–Trinajstić information content (AvgIpc) is 2.30. The molecule has 0 aromatic heterocycles. The number of likely N-dealkylation sites (N-methyl/N-ethyl adjacent to an activating group) is 1. The minimum atomic E-state index is 0.0487. The van der Waals surface area contributed by atoms with E-state index in [9.17, 15) is 0 Å². The standard InChI is InChI=1S/C14H23BrN2/c1-5-14(2,17(3)4)13(16)10-11-6-8-12(15)9-7-11/h6-9,13H,5,10,16H2,1-4H3. The Hall–Kier alpha value is -0.380. The maximum Gasteiger partial charge on any atom is 0.0326 e. The van der Waals surface area contributed by atoms with Gasteiger partial charge >= 0.3 is 0 Å². The highest BCUT2D eigenvalue weighted by atomic mass is 79.9. The summed E-state index contributed by atoms with van der Waals surface area (Å²) in [6.45, 7) is 4.43. The lowest BCUT2D eigenvalue weighted by atomic mass is 9.85. The molecule has 0 aliphatic carbocycles. The zero-order chi connectivity index (χ0) is 13.1. The van der Waals surface area contributed by atoms with E-state index >= 15 is 0 Å². The van der Waals surface area contributed by atoms with Crippen LogP contribution in [0.1, 0.15) is 25.8 Å². The van der Waals surface area contributed by atoms with Crippen LogP contribution in [-0.2, 0) is 6.42 Å². The molecule has 0 saturated carbocycles. The summed E-state index contributed by atoms with van der Waals surface area (Å²) in [6, 6.07) is 8.55. The summed E-state index contributed by atoms with van der Waals surface area (Å²) in [5.74, 6) is 0. The first-order valence-electron chi connectivity index (χ1n) is 6.07. The summed E-state index contributed by atoms with van der Waals surface area (Å²) >= 11 is 3.45. The SMILES string of the molecule is CCC(C)(C(N)Cc1ccc(Br)cc1)N(C)C. The molecule has 0 spiro atoms. The van der Waals surface area contributed by atoms with Gasteiger partial charge in [0.25, 0.3) is 0 Å². The molecule has 1 rings (SSSR count). The van der Waals surface area contributed by atoms with Crippen molar-refractivity contribution in [1.29, 1.82) is 0 Å². The van der Waals surface area contributed by atoms with E-state index in [4.69, 9.17) is 5.73 Å². The molecule has 17 heavy (non-hydrogen) atoms. The third-order valence-electron chi connectivity index (χ3n) is 3.91. The Morgan fingerprint density at radius 3 is 2.24 bits per heavy atom. The van der Waals surface area contributed by atoms with Crippen LogP contribution in [0.5, 0.6) is 0 Å². The van der Waals surface area contributed by atoms with Crippen LogP contribution in [0.15, 0.2) is 28.7 Å². The number of rotatable bonds is 5. The van der Waals surface area contributed by atoms with Crippen LogP contribution in [0, 0.1) is 0 Å². The van der Waals surface area contributed by atoms with Crippen molar-refractivity contribution in [3.05, 3.63) is 34.3 Å². The van der Waals surface area contributed by atoms with Crippen LogP contribution in [0.2, 0.25) is 0 Å². The van der Waals surface area contributed by atoms with E-state index in [0.717, 1.165) is 17.3 Å². The van der Waals surface area contributed by atoms with Crippen molar-refractivity contribution < 1.29 is 0 Å². The fourth-order valence-electron chi connectivity index (χ4n) is 2.00. The van der Waals surface area contributed by atoms with Crippen LogP contribution in [0.4, 0.5) is 0 Å². The number of hydrogen-bond donors (Lipinski definition) is 1. The molecule has 0 radical (unpaired) electrons. The molecule has 0 aliphatic rings. The van der Waals surface area contributed by atoms with Crippen LogP contribution in [0.3, 0.4) is 0 Å². The third-order valence-corrected chi connectivity index (χ3v) is 4.43. The second-order valence-electron chi connectivity index (χ2n) is 5.04. The first-order chi connectivity index (χ1) is 7.90. The number of halogens is 1. The molecule has 3 heteroatoms. The van der Waals surface area contributed by atoms with Gasteiger partial charge in [-0.3, -0.25) is 0 Å². The van der Waals surface area contributed by atoms with Crippen LogP contribution >= 0.6 is 15.9 Å². The van der Waals surface area contributed by atoms with Crippen molar-refractivity contribution in [1.82, 2.24) is 4.90 Å². The Balaban J connectivity index is 2.77. The van der Waals surface area contributed by atoms with Crippen molar-refractivity contribution in [2.24, 2.45) is 5.73 Å². The second kappa shape index (κ2) is 5.98. The molecular weight excluding hydrogens is 276 g/mol. The van der Waals surface area contributed by atoms with E-state index in [2.05, 4.69) is 73.0 Å². The lowest BCUT2D eigenvalue weighted by molar-refractivity contribution is 0.131. The van der Waals surface area contributed by atoms with Crippen molar-refractivity contribution >= 4 is 15.9 Å². The Kier molecular flexibility index (Phi) is 5.17. The quantitative estimate of drug-likeness (QED) is 0.905. The summed E-state index contributed by atoms with van der Waals surface area (Å²) in [5, 5.41) is 0. The topological polar surface area (TPSA) is 29.3 Å². The largest absolute Gasteiger partial charge is 0.326 e. The molecule has 2 nitrogen and oxygen atoms in total. The Labute approximate surface area is 113 Å². The summed E-state index contributed by atoms with van der Waals surface area (Å²) in [6.07, 6.45) is 1.97. The van der Waals surface area contributed by atoms with Crippen LogP contribution in [0.25, 0.3) is 0 Å². The first-order valence-corrected chi connectivity index (χ1v) is 6.87. The molecule has 2 unspecified atom stereocenters. The third kappa shape index (κ3) is 3.54. The van der Waals surface area contributed by atoms with Gasteiger partial charge in [0.05, 0.1) is 0 Å². The Morgan fingerprint density at radius 2 is 1.82 bits per heavy atom. The molecule has 0 amide bonds. The van der Waals surface area contributed by atoms with Gasteiger partial charge in [0.1, 0.15) is 0 Å². The van der Waals surface area contributed by atoms with Gasteiger partial charge in [-0.1, -0.05) is 35.0 Å². The molecule has 0 aliphatic heterocycles. The maximum atomic E-state index is 6.38. The van der Waals surface area contributed by atoms with Crippen molar-refractivity contribution in [3.63, 3.8) is 0 Å². The van der Waals surface area contributed by atoms with E-state index in [1.54, 1.807) is 0 Å².